The molecule has 0 atom stereocenters. The van der Waals surface area contributed by atoms with Gasteiger partial charge in [-0.2, -0.15) is 5.26 Å². The first-order chi connectivity index (χ1) is 9.22. The second kappa shape index (κ2) is 6.01. The zero-order valence-electron chi connectivity index (χ0n) is 11.3. The lowest BCUT2D eigenvalue weighted by Gasteiger charge is -2.10. The van der Waals surface area contributed by atoms with Crippen LogP contribution < -0.4 is 5.32 Å². The van der Waals surface area contributed by atoms with E-state index < -0.39 is 0 Å². The highest BCUT2D eigenvalue weighted by Gasteiger charge is 2.02. The maximum atomic E-state index is 8.95. The third kappa shape index (κ3) is 3.32. The summed E-state index contributed by atoms with van der Waals surface area (Å²) in [5.74, 6) is 0.752. The zero-order valence-corrected chi connectivity index (χ0v) is 11.3. The number of nitrogens with one attached hydrogen (secondary N) is 1. The van der Waals surface area contributed by atoms with Crippen LogP contribution in [0.5, 0.6) is 0 Å². The topological polar surface area (TPSA) is 48.7 Å². The average molecular weight is 251 g/mol. The van der Waals surface area contributed by atoms with Crippen molar-refractivity contribution in [3.63, 3.8) is 0 Å². The first-order valence-electron chi connectivity index (χ1n) is 6.42. The highest BCUT2D eigenvalue weighted by atomic mass is 15.0. The predicted octanol–water partition coefficient (Wildman–Crippen LogP) is 3.44. The molecule has 0 spiro atoms. The van der Waals surface area contributed by atoms with E-state index in [0.717, 1.165) is 24.5 Å². The molecule has 0 aliphatic rings. The van der Waals surface area contributed by atoms with Crippen LogP contribution in [0.2, 0.25) is 0 Å². The van der Waals surface area contributed by atoms with E-state index in [0.29, 0.717) is 5.56 Å². The van der Waals surface area contributed by atoms with Crippen molar-refractivity contribution in [3.8, 4) is 6.07 Å². The van der Waals surface area contributed by atoms with Crippen molar-refractivity contribution in [3.05, 3.63) is 58.8 Å². The molecular weight excluding hydrogens is 234 g/mol. The summed E-state index contributed by atoms with van der Waals surface area (Å²) < 4.78 is 0. The number of rotatable bonds is 4. The number of benzene rings is 1. The van der Waals surface area contributed by atoms with Crippen molar-refractivity contribution >= 4 is 5.82 Å². The number of aromatic nitrogens is 1. The maximum Gasteiger partial charge on any atom is 0.127 e. The summed E-state index contributed by atoms with van der Waals surface area (Å²) in [7, 11) is 0. The van der Waals surface area contributed by atoms with Gasteiger partial charge in [-0.3, -0.25) is 0 Å². The van der Waals surface area contributed by atoms with Gasteiger partial charge >= 0.3 is 0 Å². The Bertz CT molecular complexity index is 612. The van der Waals surface area contributed by atoms with E-state index in [1.54, 1.807) is 12.1 Å². The molecule has 1 N–H and O–H groups in total. The summed E-state index contributed by atoms with van der Waals surface area (Å²) in [6.45, 7) is 4.77. The quantitative estimate of drug-likeness (QED) is 0.905. The molecule has 0 saturated carbocycles. The molecule has 0 radical (unpaired) electrons. The molecule has 3 nitrogen and oxygen atoms in total. The minimum absolute atomic E-state index is 0.638. The predicted molar refractivity (Wildman–Crippen MR) is 76.8 cm³/mol. The van der Waals surface area contributed by atoms with Crippen molar-refractivity contribution in [2.45, 2.75) is 26.8 Å². The van der Waals surface area contributed by atoms with Crippen LogP contribution >= 0.6 is 0 Å². The molecule has 0 unspecified atom stereocenters. The molecule has 0 aliphatic carbocycles. The first kappa shape index (κ1) is 13.1. The molecule has 2 rings (SSSR count). The van der Waals surface area contributed by atoms with Gasteiger partial charge in [-0.05, 0) is 36.6 Å². The van der Waals surface area contributed by atoms with Gasteiger partial charge in [0.05, 0.1) is 11.6 Å². The van der Waals surface area contributed by atoms with E-state index in [4.69, 9.17) is 5.26 Å². The van der Waals surface area contributed by atoms with Crippen LogP contribution in [0.3, 0.4) is 0 Å². The third-order valence-corrected chi connectivity index (χ3v) is 3.04. The Balaban J connectivity index is 2.15. The lowest BCUT2D eigenvalue weighted by molar-refractivity contribution is 1.03. The number of nitrogens with zero attached hydrogens (tertiary/aromatic N) is 2. The van der Waals surface area contributed by atoms with Crippen molar-refractivity contribution in [1.82, 2.24) is 4.98 Å². The number of aryl methyl sites for hydroxylation is 2. The van der Waals surface area contributed by atoms with Crippen LogP contribution in [0.25, 0.3) is 0 Å². The summed E-state index contributed by atoms with van der Waals surface area (Å²) in [6.07, 6.45) is 1.02. The standard InChI is InChI=1S/C16H17N3/c1-3-14-6-4-5-7-15(14)11-18-16-9-13(10-17)8-12(2)19-16/h4-9H,3,11H2,1-2H3,(H,18,19). The maximum absolute atomic E-state index is 8.95. The van der Waals surface area contributed by atoms with Crippen molar-refractivity contribution < 1.29 is 0 Å². The van der Waals surface area contributed by atoms with E-state index in [-0.39, 0.29) is 0 Å². The largest absolute Gasteiger partial charge is 0.366 e. The smallest absolute Gasteiger partial charge is 0.127 e. The first-order valence-corrected chi connectivity index (χ1v) is 6.42. The monoisotopic (exact) mass is 251 g/mol. The van der Waals surface area contributed by atoms with E-state index in [2.05, 4.69) is 41.5 Å². The molecule has 19 heavy (non-hydrogen) atoms. The molecule has 96 valence electrons. The third-order valence-electron chi connectivity index (χ3n) is 3.04. The van der Waals surface area contributed by atoms with Gasteiger partial charge in [0.1, 0.15) is 5.82 Å². The highest BCUT2D eigenvalue weighted by Crippen LogP contribution is 2.14. The van der Waals surface area contributed by atoms with Crippen LogP contribution in [0.15, 0.2) is 36.4 Å². The zero-order chi connectivity index (χ0) is 13.7. The fourth-order valence-corrected chi connectivity index (χ4v) is 2.08. The summed E-state index contributed by atoms with van der Waals surface area (Å²) >= 11 is 0. The lowest BCUT2D eigenvalue weighted by Crippen LogP contribution is -2.04. The average Bonchev–Trinajstić information content (AvgIpc) is 2.44. The Morgan fingerprint density at radius 1 is 1.21 bits per heavy atom. The minimum Gasteiger partial charge on any atom is -0.366 e. The SMILES string of the molecule is CCc1ccccc1CNc1cc(C#N)cc(C)n1. The Kier molecular flexibility index (Phi) is 4.15. The van der Waals surface area contributed by atoms with Crippen molar-refractivity contribution in [2.75, 3.05) is 5.32 Å². The van der Waals surface area contributed by atoms with Gasteiger partial charge in [-0.15, -0.1) is 0 Å². The Morgan fingerprint density at radius 2 is 1.95 bits per heavy atom. The van der Waals surface area contributed by atoms with Crippen LogP contribution in [0.1, 0.15) is 29.3 Å². The van der Waals surface area contributed by atoms with E-state index in [1.165, 1.54) is 11.1 Å². The lowest BCUT2D eigenvalue weighted by atomic mass is 10.1. The van der Waals surface area contributed by atoms with Gasteiger partial charge in [-0.1, -0.05) is 31.2 Å². The number of hydrogen-bond acceptors (Lipinski definition) is 3. The molecule has 0 saturated heterocycles. The molecule has 1 aromatic heterocycles. The number of pyridine rings is 1. The number of hydrogen-bond donors (Lipinski definition) is 1. The summed E-state index contributed by atoms with van der Waals surface area (Å²) in [6, 6.07) is 14.1. The highest BCUT2D eigenvalue weighted by molar-refractivity contribution is 5.45. The molecule has 2 aromatic rings. The fraction of sp³-hybridized carbons (Fsp3) is 0.250. The van der Waals surface area contributed by atoms with E-state index >= 15 is 0 Å². The Labute approximate surface area is 113 Å². The van der Waals surface area contributed by atoms with Crippen LogP contribution in [-0.2, 0) is 13.0 Å². The second-order valence-corrected chi connectivity index (χ2v) is 4.47. The van der Waals surface area contributed by atoms with Crippen LogP contribution in [0.4, 0.5) is 5.82 Å². The van der Waals surface area contributed by atoms with Crippen molar-refractivity contribution in [1.29, 1.82) is 5.26 Å². The second-order valence-electron chi connectivity index (χ2n) is 4.47. The Hall–Kier alpha value is -2.34. The molecule has 0 aliphatic heterocycles. The molecule has 0 fully saturated rings. The molecule has 3 heteroatoms. The molecule has 0 bridgehead atoms. The van der Waals surface area contributed by atoms with E-state index in [9.17, 15) is 0 Å². The fourth-order valence-electron chi connectivity index (χ4n) is 2.08. The van der Waals surface area contributed by atoms with Gasteiger partial charge in [0.25, 0.3) is 0 Å². The van der Waals surface area contributed by atoms with Crippen LogP contribution in [-0.4, -0.2) is 4.98 Å². The number of nitriles is 1. The van der Waals surface area contributed by atoms with Crippen LogP contribution in [0, 0.1) is 18.3 Å². The number of anilines is 1. The normalized spacial score (nSPS) is 9.95. The van der Waals surface area contributed by atoms with Gasteiger partial charge < -0.3 is 5.32 Å². The van der Waals surface area contributed by atoms with Gasteiger partial charge in [-0.25, -0.2) is 4.98 Å². The van der Waals surface area contributed by atoms with Crippen molar-refractivity contribution in [2.24, 2.45) is 0 Å². The summed E-state index contributed by atoms with van der Waals surface area (Å²) in [5.41, 5.74) is 4.10. The molecule has 1 aromatic carbocycles. The molecular formula is C16H17N3. The minimum atomic E-state index is 0.638. The summed E-state index contributed by atoms with van der Waals surface area (Å²) in [5, 5.41) is 12.2. The van der Waals surface area contributed by atoms with Gasteiger partial charge in [0.2, 0.25) is 0 Å². The van der Waals surface area contributed by atoms with Gasteiger partial charge in [0.15, 0.2) is 0 Å². The Morgan fingerprint density at radius 3 is 2.63 bits per heavy atom. The molecule has 1 heterocycles. The van der Waals surface area contributed by atoms with Gasteiger partial charge in [0, 0.05) is 12.2 Å². The molecule has 0 amide bonds. The summed E-state index contributed by atoms with van der Waals surface area (Å²) in [4.78, 5) is 4.39. The van der Waals surface area contributed by atoms with E-state index in [1.807, 2.05) is 13.0 Å².